The average Bonchev–Trinajstić information content (AvgIpc) is 2.38. The molecule has 0 aromatic carbocycles. The van der Waals surface area contributed by atoms with Gasteiger partial charge in [-0.1, -0.05) is 37.8 Å². The first-order valence-electron chi connectivity index (χ1n) is 7.28. The minimum atomic E-state index is 0.550. The maximum Gasteiger partial charge on any atom is 0.00451 e. The van der Waals surface area contributed by atoms with Crippen LogP contribution in [0, 0.1) is 5.41 Å². The van der Waals surface area contributed by atoms with Crippen LogP contribution in [-0.2, 0) is 0 Å². The van der Waals surface area contributed by atoms with E-state index < -0.39 is 0 Å². The molecule has 1 nitrogen and oxygen atoms in total. The lowest BCUT2D eigenvalue weighted by atomic mass is 9.66. The lowest BCUT2D eigenvalue weighted by Crippen LogP contribution is -2.38. The van der Waals surface area contributed by atoms with Gasteiger partial charge >= 0.3 is 0 Å². The van der Waals surface area contributed by atoms with Crippen molar-refractivity contribution in [2.75, 3.05) is 13.1 Å². The predicted molar refractivity (Wildman–Crippen MR) is 70.6 cm³/mol. The summed E-state index contributed by atoms with van der Waals surface area (Å²) < 4.78 is 0. The Morgan fingerprint density at radius 1 is 1.12 bits per heavy atom. The zero-order valence-electron chi connectivity index (χ0n) is 10.9. The van der Waals surface area contributed by atoms with Gasteiger partial charge in [-0.3, -0.25) is 0 Å². The molecule has 2 aliphatic carbocycles. The molecule has 92 valence electrons. The third kappa shape index (κ3) is 2.68. The van der Waals surface area contributed by atoms with Crippen LogP contribution in [0.3, 0.4) is 0 Å². The molecule has 0 atom stereocenters. The highest BCUT2D eigenvalue weighted by atomic mass is 14.9. The van der Waals surface area contributed by atoms with E-state index in [4.69, 9.17) is 0 Å². The molecule has 0 saturated heterocycles. The zero-order valence-corrected chi connectivity index (χ0v) is 10.9. The van der Waals surface area contributed by atoms with E-state index in [1.807, 2.05) is 0 Å². The third-order valence-electron chi connectivity index (χ3n) is 4.50. The fourth-order valence-electron chi connectivity index (χ4n) is 3.52. The molecule has 0 aromatic rings. The van der Waals surface area contributed by atoms with Gasteiger partial charge < -0.3 is 5.32 Å². The second-order valence-electron chi connectivity index (χ2n) is 5.60. The van der Waals surface area contributed by atoms with Crippen molar-refractivity contribution in [3.05, 3.63) is 11.6 Å². The molecule has 16 heavy (non-hydrogen) atoms. The molecule has 1 fully saturated rings. The smallest absolute Gasteiger partial charge is 0.00451 e. The van der Waals surface area contributed by atoms with E-state index >= 15 is 0 Å². The van der Waals surface area contributed by atoms with Crippen LogP contribution in [0.5, 0.6) is 0 Å². The van der Waals surface area contributed by atoms with Crippen LogP contribution in [0.2, 0.25) is 0 Å². The molecule has 2 rings (SSSR count). The average molecular weight is 221 g/mol. The van der Waals surface area contributed by atoms with Gasteiger partial charge in [-0.15, -0.1) is 0 Å². The Labute approximate surface area is 101 Å². The molecular weight excluding hydrogens is 194 g/mol. The molecule has 2 aliphatic rings. The third-order valence-corrected chi connectivity index (χ3v) is 4.50. The summed E-state index contributed by atoms with van der Waals surface area (Å²) in [5, 5.41) is 3.62. The van der Waals surface area contributed by atoms with E-state index in [1.165, 1.54) is 64.3 Å². The quantitative estimate of drug-likeness (QED) is 0.706. The summed E-state index contributed by atoms with van der Waals surface area (Å²) in [4.78, 5) is 0. The number of allylic oxidation sites excluding steroid dienone is 1. The van der Waals surface area contributed by atoms with Crippen molar-refractivity contribution in [2.24, 2.45) is 5.41 Å². The number of nitrogens with one attached hydrogen (secondary N) is 1. The summed E-state index contributed by atoms with van der Waals surface area (Å²) in [7, 11) is 0. The standard InChI is InChI=1S/C15H27N/c1-2-16-13-15(11-7-4-8-12-15)14-9-5-3-6-10-14/h9,16H,2-8,10-13H2,1H3. The summed E-state index contributed by atoms with van der Waals surface area (Å²) >= 11 is 0. The maximum atomic E-state index is 3.62. The minimum absolute atomic E-state index is 0.550. The van der Waals surface area contributed by atoms with Gasteiger partial charge in [-0.05, 0) is 45.1 Å². The lowest BCUT2D eigenvalue weighted by Gasteiger charge is -2.41. The van der Waals surface area contributed by atoms with Crippen LogP contribution in [-0.4, -0.2) is 13.1 Å². The second kappa shape index (κ2) is 5.86. The zero-order chi connectivity index (χ0) is 11.3. The molecule has 1 heteroatoms. The van der Waals surface area contributed by atoms with Gasteiger partial charge in [0.15, 0.2) is 0 Å². The van der Waals surface area contributed by atoms with Gasteiger partial charge in [0.25, 0.3) is 0 Å². The normalized spacial score (nSPS) is 25.2. The van der Waals surface area contributed by atoms with Crippen LogP contribution >= 0.6 is 0 Å². The summed E-state index contributed by atoms with van der Waals surface area (Å²) in [6, 6.07) is 0. The van der Waals surface area contributed by atoms with E-state index in [2.05, 4.69) is 18.3 Å². The monoisotopic (exact) mass is 221 g/mol. The molecule has 0 radical (unpaired) electrons. The predicted octanol–water partition coefficient (Wildman–Crippen LogP) is 4.05. The highest BCUT2D eigenvalue weighted by Gasteiger charge is 2.35. The van der Waals surface area contributed by atoms with E-state index in [1.54, 1.807) is 5.57 Å². The molecular formula is C15H27N. The van der Waals surface area contributed by atoms with E-state index in [-0.39, 0.29) is 0 Å². The fourth-order valence-corrected chi connectivity index (χ4v) is 3.52. The molecule has 0 aliphatic heterocycles. The molecule has 0 bridgehead atoms. The van der Waals surface area contributed by atoms with E-state index in [0.717, 1.165) is 6.54 Å². The highest BCUT2D eigenvalue weighted by Crippen LogP contribution is 2.45. The maximum absolute atomic E-state index is 3.62. The van der Waals surface area contributed by atoms with Crippen LogP contribution in [0.4, 0.5) is 0 Å². The van der Waals surface area contributed by atoms with Crippen LogP contribution in [0.1, 0.15) is 64.7 Å². The van der Waals surface area contributed by atoms with Crippen molar-refractivity contribution < 1.29 is 0 Å². The second-order valence-corrected chi connectivity index (χ2v) is 5.60. The van der Waals surface area contributed by atoms with Gasteiger partial charge in [0.2, 0.25) is 0 Å². The van der Waals surface area contributed by atoms with Crippen molar-refractivity contribution in [1.82, 2.24) is 5.32 Å². The Hall–Kier alpha value is -0.300. The van der Waals surface area contributed by atoms with Gasteiger partial charge in [0.05, 0.1) is 0 Å². The molecule has 1 saturated carbocycles. The molecule has 0 aromatic heterocycles. The summed E-state index contributed by atoms with van der Waals surface area (Å²) in [5.41, 5.74) is 2.36. The van der Waals surface area contributed by atoms with Gasteiger partial charge in [0, 0.05) is 12.0 Å². The Balaban J connectivity index is 2.08. The molecule has 0 heterocycles. The largest absolute Gasteiger partial charge is 0.316 e. The summed E-state index contributed by atoms with van der Waals surface area (Å²) in [6.45, 7) is 4.58. The van der Waals surface area contributed by atoms with Crippen LogP contribution in [0.15, 0.2) is 11.6 Å². The fraction of sp³-hybridized carbons (Fsp3) is 0.867. The lowest BCUT2D eigenvalue weighted by molar-refractivity contribution is 0.221. The summed E-state index contributed by atoms with van der Waals surface area (Å²) in [5.74, 6) is 0. The molecule has 0 amide bonds. The first-order chi connectivity index (χ1) is 7.87. The van der Waals surface area contributed by atoms with Crippen molar-refractivity contribution in [1.29, 1.82) is 0 Å². The number of rotatable bonds is 4. The number of hydrogen-bond acceptors (Lipinski definition) is 1. The summed E-state index contributed by atoms with van der Waals surface area (Å²) in [6.07, 6.45) is 15.4. The molecule has 0 unspecified atom stereocenters. The van der Waals surface area contributed by atoms with E-state index in [0.29, 0.717) is 5.41 Å². The first kappa shape index (κ1) is 12.2. The van der Waals surface area contributed by atoms with Crippen LogP contribution < -0.4 is 5.32 Å². The number of hydrogen-bond donors (Lipinski definition) is 1. The molecule has 0 spiro atoms. The van der Waals surface area contributed by atoms with Crippen molar-refractivity contribution in [2.45, 2.75) is 64.7 Å². The van der Waals surface area contributed by atoms with Gasteiger partial charge in [-0.2, -0.15) is 0 Å². The van der Waals surface area contributed by atoms with Gasteiger partial charge in [-0.25, -0.2) is 0 Å². The Morgan fingerprint density at radius 3 is 2.56 bits per heavy atom. The Bertz CT molecular complexity index is 236. The van der Waals surface area contributed by atoms with Crippen LogP contribution in [0.25, 0.3) is 0 Å². The first-order valence-corrected chi connectivity index (χ1v) is 7.28. The minimum Gasteiger partial charge on any atom is -0.316 e. The topological polar surface area (TPSA) is 12.0 Å². The van der Waals surface area contributed by atoms with Gasteiger partial charge in [0.1, 0.15) is 0 Å². The van der Waals surface area contributed by atoms with Crippen molar-refractivity contribution in [3.63, 3.8) is 0 Å². The van der Waals surface area contributed by atoms with Crippen molar-refractivity contribution >= 4 is 0 Å². The SMILES string of the molecule is CCNCC1(C2=CCCCC2)CCCCC1. The Kier molecular flexibility index (Phi) is 4.45. The molecule has 1 N–H and O–H groups in total. The Morgan fingerprint density at radius 2 is 1.94 bits per heavy atom. The van der Waals surface area contributed by atoms with Crippen molar-refractivity contribution in [3.8, 4) is 0 Å². The highest BCUT2D eigenvalue weighted by molar-refractivity contribution is 5.18. The van der Waals surface area contributed by atoms with E-state index in [9.17, 15) is 0 Å².